The topological polar surface area (TPSA) is 58.2 Å². The van der Waals surface area contributed by atoms with E-state index in [1.807, 2.05) is 42.3 Å². The lowest BCUT2D eigenvalue weighted by Gasteiger charge is -2.15. The van der Waals surface area contributed by atoms with Crippen LogP contribution in [0.25, 0.3) is 21.8 Å². The van der Waals surface area contributed by atoms with Gasteiger partial charge in [-0.15, -0.1) is 0 Å². The van der Waals surface area contributed by atoms with Gasteiger partial charge < -0.3 is 14.6 Å². The molecule has 0 bridgehead atoms. The molecular formula is C18H19N3O2. The zero-order chi connectivity index (χ0) is 15.8. The molecule has 0 aliphatic carbocycles. The van der Waals surface area contributed by atoms with E-state index < -0.39 is 0 Å². The lowest BCUT2D eigenvalue weighted by atomic mass is 10.1. The Labute approximate surface area is 134 Å². The van der Waals surface area contributed by atoms with Crippen LogP contribution in [0.15, 0.2) is 30.5 Å². The standard InChI is InChI=1S/C18H19N3O2/c1-12-18-15(6-7-19-12)14-5-4-13(10-16(14)20-18)23-11-17(22)21-8-2-3-9-21/h4-7,10,20H,2-3,8-9,11H2,1H3. The maximum atomic E-state index is 12.1. The number of pyridine rings is 1. The Morgan fingerprint density at radius 1 is 1.26 bits per heavy atom. The van der Waals surface area contributed by atoms with Gasteiger partial charge in [0.2, 0.25) is 0 Å². The molecule has 4 rings (SSSR count). The Hall–Kier alpha value is -2.56. The summed E-state index contributed by atoms with van der Waals surface area (Å²) in [6, 6.07) is 7.91. The van der Waals surface area contributed by atoms with E-state index in [9.17, 15) is 4.79 Å². The third kappa shape index (κ3) is 2.52. The van der Waals surface area contributed by atoms with Crippen LogP contribution in [0.5, 0.6) is 5.75 Å². The van der Waals surface area contributed by atoms with Crippen LogP contribution in [0.1, 0.15) is 18.5 Å². The van der Waals surface area contributed by atoms with E-state index in [0.717, 1.165) is 53.4 Å². The van der Waals surface area contributed by atoms with Gasteiger partial charge in [-0.1, -0.05) is 0 Å². The number of amides is 1. The average Bonchev–Trinajstić information content (AvgIpc) is 3.20. The number of benzene rings is 1. The Balaban J connectivity index is 1.58. The Kier molecular flexibility index (Phi) is 3.41. The molecule has 2 aromatic heterocycles. The first-order valence-corrected chi connectivity index (χ1v) is 8.00. The molecule has 3 heterocycles. The summed E-state index contributed by atoms with van der Waals surface area (Å²) < 4.78 is 5.69. The van der Waals surface area contributed by atoms with Crippen LogP contribution in [0.2, 0.25) is 0 Å². The summed E-state index contributed by atoms with van der Waals surface area (Å²) >= 11 is 0. The van der Waals surface area contributed by atoms with Crippen molar-refractivity contribution >= 4 is 27.7 Å². The van der Waals surface area contributed by atoms with Crippen molar-refractivity contribution < 1.29 is 9.53 Å². The lowest BCUT2D eigenvalue weighted by Crippen LogP contribution is -2.32. The van der Waals surface area contributed by atoms with Gasteiger partial charge in [0.1, 0.15) is 5.75 Å². The summed E-state index contributed by atoms with van der Waals surface area (Å²) in [6.45, 7) is 3.81. The second-order valence-corrected chi connectivity index (χ2v) is 6.03. The highest BCUT2D eigenvalue weighted by molar-refractivity contribution is 6.08. The predicted octanol–water partition coefficient (Wildman–Crippen LogP) is 3.03. The number of aryl methyl sites for hydroxylation is 1. The number of nitrogens with zero attached hydrogens (tertiary/aromatic N) is 2. The predicted molar refractivity (Wildman–Crippen MR) is 89.6 cm³/mol. The van der Waals surface area contributed by atoms with E-state index in [1.54, 1.807) is 0 Å². The van der Waals surface area contributed by atoms with Crippen molar-refractivity contribution in [1.29, 1.82) is 0 Å². The number of aromatic nitrogens is 2. The van der Waals surface area contributed by atoms with E-state index in [4.69, 9.17) is 4.74 Å². The smallest absolute Gasteiger partial charge is 0.260 e. The minimum absolute atomic E-state index is 0.0688. The van der Waals surface area contributed by atoms with Crippen LogP contribution in [-0.4, -0.2) is 40.5 Å². The first-order chi connectivity index (χ1) is 11.2. The molecule has 1 saturated heterocycles. The molecule has 0 unspecified atom stereocenters. The average molecular weight is 309 g/mol. The maximum Gasteiger partial charge on any atom is 0.260 e. The summed E-state index contributed by atoms with van der Waals surface area (Å²) in [5, 5.41) is 2.30. The van der Waals surface area contributed by atoms with Crippen molar-refractivity contribution in [2.75, 3.05) is 19.7 Å². The second-order valence-electron chi connectivity index (χ2n) is 6.03. The molecule has 0 radical (unpaired) electrons. The normalized spacial score (nSPS) is 14.7. The summed E-state index contributed by atoms with van der Waals surface area (Å²) in [5.74, 6) is 0.779. The number of rotatable bonds is 3. The maximum absolute atomic E-state index is 12.1. The molecule has 5 heteroatoms. The molecule has 23 heavy (non-hydrogen) atoms. The Morgan fingerprint density at radius 3 is 2.91 bits per heavy atom. The highest BCUT2D eigenvalue weighted by atomic mass is 16.5. The molecule has 5 nitrogen and oxygen atoms in total. The Morgan fingerprint density at radius 2 is 2.09 bits per heavy atom. The van der Waals surface area contributed by atoms with Crippen molar-refractivity contribution in [2.45, 2.75) is 19.8 Å². The molecule has 1 fully saturated rings. The van der Waals surface area contributed by atoms with Crippen molar-refractivity contribution in [3.63, 3.8) is 0 Å². The van der Waals surface area contributed by atoms with Gasteiger partial charge in [0.25, 0.3) is 5.91 Å². The fourth-order valence-electron chi connectivity index (χ4n) is 3.24. The molecule has 1 aliphatic rings. The minimum atomic E-state index is 0.0688. The molecule has 118 valence electrons. The highest BCUT2D eigenvalue weighted by Crippen LogP contribution is 2.29. The number of ether oxygens (including phenoxy) is 1. The van der Waals surface area contributed by atoms with E-state index in [2.05, 4.69) is 9.97 Å². The fraction of sp³-hybridized carbons (Fsp3) is 0.333. The molecule has 0 spiro atoms. The summed E-state index contributed by atoms with van der Waals surface area (Å²) in [7, 11) is 0. The number of hydrogen-bond acceptors (Lipinski definition) is 3. The summed E-state index contributed by atoms with van der Waals surface area (Å²) in [6.07, 6.45) is 4.02. The van der Waals surface area contributed by atoms with E-state index in [1.165, 1.54) is 0 Å². The number of carbonyl (C=O) groups excluding carboxylic acids is 1. The van der Waals surface area contributed by atoms with Gasteiger partial charge in [0, 0.05) is 36.1 Å². The first-order valence-electron chi connectivity index (χ1n) is 8.00. The number of likely N-dealkylation sites (tertiary alicyclic amines) is 1. The molecule has 1 aromatic carbocycles. The van der Waals surface area contributed by atoms with Crippen LogP contribution >= 0.6 is 0 Å². The third-order valence-corrected chi connectivity index (χ3v) is 4.50. The van der Waals surface area contributed by atoms with Crippen LogP contribution in [0.4, 0.5) is 0 Å². The van der Waals surface area contributed by atoms with Gasteiger partial charge in [-0.25, -0.2) is 0 Å². The zero-order valence-corrected chi connectivity index (χ0v) is 13.1. The van der Waals surface area contributed by atoms with Crippen molar-refractivity contribution in [1.82, 2.24) is 14.9 Å². The molecule has 0 atom stereocenters. The molecule has 1 aliphatic heterocycles. The SMILES string of the molecule is Cc1nccc2c1[nH]c1cc(OCC(=O)N3CCCC3)ccc12. The fourth-order valence-corrected chi connectivity index (χ4v) is 3.24. The van der Waals surface area contributed by atoms with Gasteiger partial charge in [0.05, 0.1) is 16.7 Å². The molecular weight excluding hydrogens is 290 g/mol. The highest BCUT2D eigenvalue weighted by Gasteiger charge is 2.18. The van der Waals surface area contributed by atoms with Crippen molar-refractivity contribution in [3.05, 3.63) is 36.2 Å². The van der Waals surface area contributed by atoms with Crippen LogP contribution in [0.3, 0.4) is 0 Å². The van der Waals surface area contributed by atoms with Gasteiger partial charge in [-0.05, 0) is 38.0 Å². The zero-order valence-electron chi connectivity index (χ0n) is 13.1. The van der Waals surface area contributed by atoms with Gasteiger partial charge in [0.15, 0.2) is 6.61 Å². The lowest BCUT2D eigenvalue weighted by molar-refractivity contribution is -0.132. The van der Waals surface area contributed by atoms with Crippen LogP contribution in [-0.2, 0) is 4.79 Å². The largest absolute Gasteiger partial charge is 0.484 e. The monoisotopic (exact) mass is 309 g/mol. The first kappa shape index (κ1) is 14.1. The summed E-state index contributed by atoms with van der Waals surface area (Å²) in [5.41, 5.74) is 3.03. The molecule has 1 N–H and O–H groups in total. The summed E-state index contributed by atoms with van der Waals surface area (Å²) in [4.78, 5) is 21.6. The molecule has 3 aromatic rings. The van der Waals surface area contributed by atoms with Gasteiger partial charge in [-0.2, -0.15) is 0 Å². The number of aromatic amines is 1. The van der Waals surface area contributed by atoms with Gasteiger partial charge >= 0.3 is 0 Å². The second kappa shape index (κ2) is 5.57. The quantitative estimate of drug-likeness (QED) is 0.809. The Bertz CT molecular complexity index is 878. The van der Waals surface area contributed by atoms with Crippen molar-refractivity contribution in [3.8, 4) is 5.75 Å². The number of nitrogens with one attached hydrogen (secondary N) is 1. The number of hydrogen-bond donors (Lipinski definition) is 1. The third-order valence-electron chi connectivity index (χ3n) is 4.50. The van der Waals surface area contributed by atoms with Crippen molar-refractivity contribution in [2.24, 2.45) is 0 Å². The minimum Gasteiger partial charge on any atom is -0.484 e. The van der Waals surface area contributed by atoms with E-state index in [-0.39, 0.29) is 12.5 Å². The number of carbonyl (C=O) groups is 1. The number of fused-ring (bicyclic) bond motifs is 3. The number of H-pyrrole nitrogens is 1. The van der Waals surface area contributed by atoms with E-state index >= 15 is 0 Å². The van der Waals surface area contributed by atoms with E-state index in [0.29, 0.717) is 5.75 Å². The van der Waals surface area contributed by atoms with Gasteiger partial charge in [-0.3, -0.25) is 9.78 Å². The van der Waals surface area contributed by atoms with Crippen LogP contribution in [0, 0.1) is 6.92 Å². The van der Waals surface area contributed by atoms with Crippen LogP contribution < -0.4 is 4.74 Å². The molecule has 0 saturated carbocycles. The molecule has 1 amide bonds.